The number of thioether (sulfide) groups is 1. The molecule has 0 saturated carbocycles. The van der Waals surface area contributed by atoms with E-state index in [9.17, 15) is 18.4 Å². The molecule has 0 aromatic heterocycles. The quantitative estimate of drug-likeness (QED) is 0.649. The van der Waals surface area contributed by atoms with Gasteiger partial charge in [-0.1, -0.05) is 18.2 Å². The molecule has 2 rings (SSSR count). The topological polar surface area (TPSA) is 55.4 Å². The molecule has 7 heteroatoms. The molecule has 0 aliphatic carbocycles. The largest absolute Gasteiger partial charge is 0.455 e. The Balaban J connectivity index is 1.75. The van der Waals surface area contributed by atoms with Crippen molar-refractivity contribution in [2.45, 2.75) is 4.90 Å². The maximum atomic E-state index is 13.3. The number of nitrogens with one attached hydrogen (secondary N) is 1. The average Bonchev–Trinajstić information content (AvgIpc) is 2.55. The van der Waals surface area contributed by atoms with Crippen LogP contribution in [0.4, 0.5) is 14.5 Å². The molecule has 0 fully saturated rings. The van der Waals surface area contributed by atoms with Crippen LogP contribution in [0.2, 0.25) is 0 Å². The summed E-state index contributed by atoms with van der Waals surface area (Å²) in [7, 11) is 0. The fourth-order valence-electron chi connectivity index (χ4n) is 1.63. The monoisotopic (exact) mass is 337 g/mol. The molecule has 120 valence electrons. The molecular formula is C16H13F2NO3S. The van der Waals surface area contributed by atoms with Gasteiger partial charge in [0, 0.05) is 11.0 Å². The van der Waals surface area contributed by atoms with E-state index in [-0.39, 0.29) is 11.4 Å². The van der Waals surface area contributed by atoms with E-state index in [0.29, 0.717) is 0 Å². The molecular weight excluding hydrogens is 324 g/mol. The molecule has 4 nitrogen and oxygen atoms in total. The van der Waals surface area contributed by atoms with E-state index in [1.54, 1.807) is 0 Å². The lowest BCUT2D eigenvalue weighted by Gasteiger charge is -2.07. The van der Waals surface area contributed by atoms with Crippen LogP contribution in [-0.4, -0.2) is 24.2 Å². The number of carbonyl (C=O) groups is 2. The van der Waals surface area contributed by atoms with Crippen molar-refractivity contribution in [2.24, 2.45) is 0 Å². The van der Waals surface area contributed by atoms with E-state index in [0.717, 1.165) is 23.1 Å². The Labute approximate surface area is 135 Å². The number of esters is 1. The lowest BCUT2D eigenvalue weighted by Crippen LogP contribution is -2.22. The Morgan fingerprint density at radius 1 is 1.09 bits per heavy atom. The minimum absolute atomic E-state index is 0.0472. The van der Waals surface area contributed by atoms with Gasteiger partial charge in [0.25, 0.3) is 5.91 Å². The summed E-state index contributed by atoms with van der Waals surface area (Å²) in [5.74, 6) is -2.73. The first-order chi connectivity index (χ1) is 11.0. The first-order valence-corrected chi connectivity index (χ1v) is 7.61. The zero-order valence-electron chi connectivity index (χ0n) is 11.9. The molecule has 0 radical (unpaired) electrons. The zero-order valence-corrected chi connectivity index (χ0v) is 12.7. The number of rotatable bonds is 6. The second kappa shape index (κ2) is 8.28. The molecule has 0 bridgehead atoms. The molecule has 1 N–H and O–H groups in total. The number of hydrogen-bond donors (Lipinski definition) is 1. The SMILES string of the molecule is O=C(COC(=O)CSc1ccccc1)Nc1cc(F)ccc1F. The summed E-state index contributed by atoms with van der Waals surface area (Å²) in [6, 6.07) is 11.9. The molecule has 0 unspecified atom stereocenters. The fourth-order valence-corrected chi connectivity index (χ4v) is 2.34. The molecule has 0 atom stereocenters. The van der Waals surface area contributed by atoms with Crippen molar-refractivity contribution >= 4 is 29.3 Å². The van der Waals surface area contributed by atoms with Gasteiger partial charge in [-0.3, -0.25) is 9.59 Å². The average molecular weight is 337 g/mol. The number of anilines is 1. The lowest BCUT2D eigenvalue weighted by atomic mass is 10.3. The van der Waals surface area contributed by atoms with Crippen LogP contribution in [-0.2, 0) is 14.3 Å². The van der Waals surface area contributed by atoms with Crippen molar-refractivity contribution in [3.8, 4) is 0 Å². The minimum atomic E-state index is -0.772. The van der Waals surface area contributed by atoms with Gasteiger partial charge in [-0.2, -0.15) is 0 Å². The number of ether oxygens (including phenoxy) is 1. The third kappa shape index (κ3) is 5.71. The van der Waals surface area contributed by atoms with Crippen LogP contribution in [0.1, 0.15) is 0 Å². The van der Waals surface area contributed by atoms with Crippen molar-refractivity contribution in [3.63, 3.8) is 0 Å². The Hall–Kier alpha value is -2.41. The van der Waals surface area contributed by atoms with Crippen molar-refractivity contribution in [1.82, 2.24) is 0 Å². The van der Waals surface area contributed by atoms with Gasteiger partial charge in [0.2, 0.25) is 0 Å². The number of amides is 1. The molecule has 0 aliphatic heterocycles. The Morgan fingerprint density at radius 3 is 2.57 bits per heavy atom. The van der Waals surface area contributed by atoms with Crippen LogP contribution >= 0.6 is 11.8 Å². The zero-order chi connectivity index (χ0) is 16.7. The highest BCUT2D eigenvalue weighted by molar-refractivity contribution is 8.00. The predicted octanol–water partition coefficient (Wildman–Crippen LogP) is 3.24. The van der Waals surface area contributed by atoms with Crippen LogP contribution in [0.15, 0.2) is 53.4 Å². The second-order valence-electron chi connectivity index (χ2n) is 4.43. The highest BCUT2D eigenvalue weighted by Gasteiger charge is 2.11. The summed E-state index contributed by atoms with van der Waals surface area (Å²) in [4.78, 5) is 24.0. The fraction of sp³-hybridized carbons (Fsp3) is 0.125. The second-order valence-corrected chi connectivity index (χ2v) is 5.48. The van der Waals surface area contributed by atoms with E-state index in [2.05, 4.69) is 5.32 Å². The highest BCUT2D eigenvalue weighted by atomic mass is 32.2. The van der Waals surface area contributed by atoms with E-state index in [1.165, 1.54) is 11.8 Å². The van der Waals surface area contributed by atoms with Crippen LogP contribution in [0.5, 0.6) is 0 Å². The van der Waals surface area contributed by atoms with Gasteiger partial charge in [-0.05, 0) is 24.3 Å². The van der Waals surface area contributed by atoms with Gasteiger partial charge in [0.15, 0.2) is 6.61 Å². The van der Waals surface area contributed by atoms with E-state index in [4.69, 9.17) is 4.74 Å². The molecule has 0 aliphatic rings. The standard InChI is InChI=1S/C16H13F2NO3S/c17-11-6-7-13(18)14(8-11)19-15(20)9-22-16(21)10-23-12-4-2-1-3-5-12/h1-8H,9-10H2,(H,19,20). The number of carbonyl (C=O) groups excluding carboxylic acids is 2. The number of halogens is 2. The van der Waals surface area contributed by atoms with Crippen molar-refractivity contribution in [3.05, 3.63) is 60.2 Å². The molecule has 0 spiro atoms. The third-order valence-electron chi connectivity index (χ3n) is 2.67. The Morgan fingerprint density at radius 2 is 1.83 bits per heavy atom. The first kappa shape index (κ1) is 17.0. The summed E-state index contributed by atoms with van der Waals surface area (Å²) in [6.45, 7) is -0.565. The van der Waals surface area contributed by atoms with Crippen molar-refractivity contribution in [1.29, 1.82) is 0 Å². The van der Waals surface area contributed by atoms with Crippen LogP contribution in [0.25, 0.3) is 0 Å². The summed E-state index contributed by atoms with van der Waals surface area (Å²) >= 11 is 1.27. The molecule has 2 aromatic carbocycles. The third-order valence-corrected chi connectivity index (χ3v) is 3.65. The van der Waals surface area contributed by atoms with Crippen LogP contribution in [0, 0.1) is 11.6 Å². The number of benzene rings is 2. The predicted molar refractivity (Wildman–Crippen MR) is 83.1 cm³/mol. The van der Waals surface area contributed by atoms with Gasteiger partial charge < -0.3 is 10.1 Å². The maximum absolute atomic E-state index is 13.3. The molecule has 0 saturated heterocycles. The van der Waals surface area contributed by atoms with Gasteiger partial charge in [0.1, 0.15) is 11.6 Å². The lowest BCUT2D eigenvalue weighted by molar-refractivity contribution is -0.144. The van der Waals surface area contributed by atoms with Gasteiger partial charge >= 0.3 is 5.97 Å². The molecule has 0 heterocycles. The maximum Gasteiger partial charge on any atom is 0.316 e. The summed E-state index contributed by atoms with van der Waals surface area (Å²) in [6.07, 6.45) is 0. The van der Waals surface area contributed by atoms with Gasteiger partial charge in [0.05, 0.1) is 11.4 Å². The molecule has 23 heavy (non-hydrogen) atoms. The van der Waals surface area contributed by atoms with E-state index >= 15 is 0 Å². The van der Waals surface area contributed by atoms with Crippen molar-refractivity contribution < 1.29 is 23.1 Å². The van der Waals surface area contributed by atoms with E-state index in [1.807, 2.05) is 30.3 Å². The Bertz CT molecular complexity index is 695. The molecule has 1 amide bonds. The highest BCUT2D eigenvalue weighted by Crippen LogP contribution is 2.17. The normalized spacial score (nSPS) is 10.2. The van der Waals surface area contributed by atoms with Gasteiger partial charge in [-0.25, -0.2) is 8.78 Å². The molecule has 2 aromatic rings. The first-order valence-electron chi connectivity index (χ1n) is 6.63. The minimum Gasteiger partial charge on any atom is -0.455 e. The smallest absolute Gasteiger partial charge is 0.316 e. The summed E-state index contributed by atoms with van der Waals surface area (Å²) in [5.41, 5.74) is -0.301. The summed E-state index contributed by atoms with van der Waals surface area (Å²) < 4.78 is 31.1. The number of hydrogen-bond acceptors (Lipinski definition) is 4. The van der Waals surface area contributed by atoms with Crippen LogP contribution < -0.4 is 5.32 Å². The van der Waals surface area contributed by atoms with Gasteiger partial charge in [-0.15, -0.1) is 11.8 Å². The van der Waals surface area contributed by atoms with Crippen molar-refractivity contribution in [2.75, 3.05) is 17.7 Å². The summed E-state index contributed by atoms with van der Waals surface area (Å²) in [5, 5.41) is 2.14. The van der Waals surface area contributed by atoms with Crippen LogP contribution in [0.3, 0.4) is 0 Å². The van der Waals surface area contributed by atoms with E-state index < -0.39 is 30.1 Å². The Kier molecular flexibility index (Phi) is 6.10.